The quantitative estimate of drug-likeness (QED) is 0.0407. The number of amides is 1. The normalized spacial score (nSPS) is 25.6. The Bertz CT molecular complexity index is 2170. The SMILES string of the molecule is C=Nc1ccccc1SCNC(=O)c1cccc2c1CN(c1ccc(/C(C=N)=C(\C)NCC34CC5(C)CC(C)(C3)CC(OCCN(C)CCC=O)(C5)C4)c(C(=O)O)n1)CC2. The van der Waals surface area contributed by atoms with Gasteiger partial charge in [0.1, 0.15) is 12.1 Å². The number of nitrogens with one attached hydrogen (secondary N) is 3. The highest BCUT2D eigenvalue weighted by atomic mass is 32.2. The highest BCUT2D eigenvalue weighted by molar-refractivity contribution is 7.99. The molecule has 60 heavy (non-hydrogen) atoms. The zero-order valence-corrected chi connectivity index (χ0v) is 36.3. The highest BCUT2D eigenvalue weighted by Crippen LogP contribution is 2.71. The van der Waals surface area contributed by atoms with Gasteiger partial charge in [-0.25, -0.2) is 9.78 Å². The first kappa shape index (κ1) is 43.2. The largest absolute Gasteiger partial charge is 0.476 e. The second-order valence-corrected chi connectivity index (χ2v) is 19.4. The standard InChI is InChI=1S/C47H59N7O5S/c1-32(50-30-46-25-44(2)24-45(3,26-46)28-47(27-44,29-46)59-21-19-53(5)17-9-20-55)36(22-48)34-14-15-40(52-41(34)43(57)58)54-18-16-33-10-8-11-35(37(33)23-54)42(56)51-31-60-39-13-7-6-12-38(39)49-4/h6-8,10-15,20,22,48,50H,4,9,16-19,21,23-31H2,1-3,5H3,(H,51,56)(H,57,58)/b36-32+,48-22?. The summed E-state index contributed by atoms with van der Waals surface area (Å²) in [6, 6.07) is 17.0. The number of fused-ring (bicyclic) bond motifs is 1. The number of hydrogen-bond acceptors (Lipinski definition) is 11. The molecule has 1 aliphatic heterocycles. The van der Waals surface area contributed by atoms with Crippen molar-refractivity contribution in [3.8, 4) is 0 Å². The van der Waals surface area contributed by atoms with Gasteiger partial charge in [0.2, 0.25) is 0 Å². The van der Waals surface area contributed by atoms with Crippen molar-refractivity contribution < 1.29 is 24.2 Å². The number of ether oxygens (including phenoxy) is 1. The molecule has 3 aromatic rings. The number of allylic oxidation sites excluding steroid dienone is 2. The van der Waals surface area contributed by atoms with Crippen LogP contribution in [0.2, 0.25) is 0 Å². The van der Waals surface area contributed by atoms with Gasteiger partial charge in [-0.1, -0.05) is 38.1 Å². The van der Waals surface area contributed by atoms with Gasteiger partial charge >= 0.3 is 5.97 Å². The first-order chi connectivity index (χ1) is 28.7. The summed E-state index contributed by atoms with van der Waals surface area (Å²) in [5.74, 6) is -0.483. The van der Waals surface area contributed by atoms with Crippen molar-refractivity contribution in [1.82, 2.24) is 20.5 Å². The lowest BCUT2D eigenvalue weighted by Crippen LogP contribution is -2.65. The molecule has 4 fully saturated rings. The summed E-state index contributed by atoms with van der Waals surface area (Å²) in [5.41, 5.74) is 4.97. The average Bonchev–Trinajstić information content (AvgIpc) is 3.20. The van der Waals surface area contributed by atoms with Gasteiger partial charge in [0.05, 0.1) is 23.8 Å². The van der Waals surface area contributed by atoms with E-state index in [2.05, 4.69) is 41.1 Å². The first-order valence-corrected chi connectivity index (χ1v) is 22.0. The number of rotatable bonds is 19. The van der Waals surface area contributed by atoms with Crippen LogP contribution in [0, 0.1) is 21.7 Å². The summed E-state index contributed by atoms with van der Waals surface area (Å²) < 4.78 is 6.86. The molecule has 2 atom stereocenters. The van der Waals surface area contributed by atoms with Gasteiger partial charge in [-0.2, -0.15) is 0 Å². The van der Waals surface area contributed by atoms with Crippen molar-refractivity contribution >= 4 is 59.9 Å². The van der Waals surface area contributed by atoms with Crippen molar-refractivity contribution in [1.29, 1.82) is 5.41 Å². The van der Waals surface area contributed by atoms with Crippen molar-refractivity contribution in [2.24, 2.45) is 21.2 Å². The minimum atomic E-state index is -1.17. The molecule has 0 radical (unpaired) electrons. The maximum absolute atomic E-state index is 13.5. The number of carbonyl (C=O) groups excluding carboxylic acids is 2. The first-order valence-electron chi connectivity index (χ1n) is 21.0. The summed E-state index contributed by atoms with van der Waals surface area (Å²) in [4.78, 5) is 51.1. The Balaban J connectivity index is 1.06. The molecule has 2 unspecified atom stereocenters. The van der Waals surface area contributed by atoms with Gasteiger partial charge in [0.25, 0.3) is 5.91 Å². The zero-order valence-electron chi connectivity index (χ0n) is 35.4. The fourth-order valence-corrected chi connectivity index (χ4v) is 12.6. The van der Waals surface area contributed by atoms with Crippen molar-refractivity contribution in [3.63, 3.8) is 0 Å². The topological polar surface area (TPSA) is 160 Å². The molecule has 318 valence electrons. The van der Waals surface area contributed by atoms with E-state index in [0.717, 1.165) is 78.9 Å². The Hall–Kier alpha value is -4.85. The van der Waals surface area contributed by atoms with Gasteiger partial charge in [-0.05, 0) is 123 Å². The summed E-state index contributed by atoms with van der Waals surface area (Å²) in [6.07, 6.45) is 9.83. The van der Waals surface area contributed by atoms with E-state index in [1.807, 2.05) is 67.4 Å². The number of hydrogen-bond donors (Lipinski definition) is 4. The summed E-state index contributed by atoms with van der Waals surface area (Å²) >= 11 is 1.48. The van der Waals surface area contributed by atoms with Crippen LogP contribution in [0.4, 0.5) is 11.5 Å². The third-order valence-corrected chi connectivity index (χ3v) is 14.1. The number of para-hydroxylation sites is 1. The van der Waals surface area contributed by atoms with Crippen molar-refractivity contribution in [2.45, 2.75) is 89.2 Å². The van der Waals surface area contributed by atoms with Gasteiger partial charge in [0, 0.05) is 72.7 Å². The van der Waals surface area contributed by atoms with E-state index in [0.29, 0.717) is 67.5 Å². The number of nitrogens with zero attached hydrogens (tertiary/aromatic N) is 4. The van der Waals surface area contributed by atoms with Crippen molar-refractivity contribution in [3.05, 3.63) is 88.2 Å². The summed E-state index contributed by atoms with van der Waals surface area (Å²) in [7, 11) is 2.03. The van der Waals surface area contributed by atoms with Gasteiger partial charge < -0.3 is 40.5 Å². The van der Waals surface area contributed by atoms with Crippen molar-refractivity contribution in [2.75, 3.05) is 50.6 Å². The monoisotopic (exact) mass is 833 g/mol. The molecular weight excluding hydrogens is 775 g/mol. The lowest BCUT2D eigenvalue weighted by atomic mass is 9.39. The molecule has 1 aromatic heterocycles. The molecule has 5 aliphatic rings. The van der Waals surface area contributed by atoms with E-state index >= 15 is 0 Å². The number of thioether (sulfide) groups is 1. The molecular formula is C47H59N7O5S. The lowest BCUT2D eigenvalue weighted by Gasteiger charge is -2.69. The van der Waals surface area contributed by atoms with E-state index in [1.54, 1.807) is 6.07 Å². The molecule has 4 saturated carbocycles. The van der Waals surface area contributed by atoms with Crippen LogP contribution in [0.25, 0.3) is 5.57 Å². The number of benzene rings is 2. The highest BCUT2D eigenvalue weighted by Gasteiger charge is 2.66. The number of carboxylic acid groups (broad SMARTS) is 1. The van der Waals surface area contributed by atoms with Crippen LogP contribution in [0.3, 0.4) is 0 Å². The van der Waals surface area contributed by atoms with Crippen LogP contribution in [0.15, 0.2) is 70.2 Å². The van der Waals surface area contributed by atoms with Gasteiger partial charge in [-0.3, -0.25) is 9.79 Å². The Labute approximate surface area is 358 Å². The second kappa shape index (κ2) is 17.6. The molecule has 2 heterocycles. The second-order valence-electron chi connectivity index (χ2n) is 18.4. The molecule has 0 spiro atoms. The Morgan fingerprint density at radius 2 is 1.78 bits per heavy atom. The molecule has 13 heteroatoms. The maximum Gasteiger partial charge on any atom is 0.355 e. The molecule has 4 N–H and O–H groups in total. The van der Waals surface area contributed by atoms with Gasteiger partial charge in [0.15, 0.2) is 5.69 Å². The predicted molar refractivity (Wildman–Crippen MR) is 239 cm³/mol. The van der Waals surface area contributed by atoms with Crippen LogP contribution in [0.1, 0.15) is 103 Å². The van der Waals surface area contributed by atoms with Crippen LogP contribution in [-0.2, 0) is 22.5 Å². The number of carboxylic acids is 1. The Kier molecular flexibility index (Phi) is 12.7. The van der Waals surface area contributed by atoms with Crippen LogP contribution in [-0.4, -0.2) is 97.4 Å². The van der Waals surface area contributed by atoms with Gasteiger partial charge in [-0.15, -0.1) is 11.8 Å². The zero-order chi connectivity index (χ0) is 42.7. The predicted octanol–water partition coefficient (Wildman–Crippen LogP) is 7.78. The van der Waals surface area contributed by atoms with Crippen LogP contribution in [0.5, 0.6) is 0 Å². The molecule has 12 nitrogen and oxygen atoms in total. The third-order valence-electron chi connectivity index (χ3n) is 13.1. The number of carbonyl (C=O) groups is 3. The molecule has 4 aliphatic carbocycles. The number of likely N-dealkylation sites (N-methyl/N-ethyl adjacent to an activating group) is 1. The third kappa shape index (κ3) is 9.23. The fourth-order valence-electron chi connectivity index (χ4n) is 11.8. The minimum absolute atomic E-state index is 0.00135. The summed E-state index contributed by atoms with van der Waals surface area (Å²) in [6.45, 7) is 14.3. The molecule has 4 bridgehead atoms. The van der Waals surface area contributed by atoms with Crippen LogP contribution < -0.4 is 15.5 Å². The number of aliphatic imine (C=N–C) groups is 1. The number of aromatic nitrogens is 1. The van der Waals surface area contributed by atoms with Crippen LogP contribution >= 0.6 is 11.8 Å². The molecule has 8 rings (SSSR count). The van der Waals surface area contributed by atoms with E-state index in [4.69, 9.17) is 15.1 Å². The van der Waals surface area contributed by atoms with E-state index in [-0.39, 0.29) is 33.4 Å². The van der Waals surface area contributed by atoms with E-state index in [1.165, 1.54) is 24.4 Å². The molecule has 1 amide bonds. The Morgan fingerprint density at radius 1 is 1.02 bits per heavy atom. The smallest absolute Gasteiger partial charge is 0.355 e. The van der Waals surface area contributed by atoms with E-state index in [9.17, 15) is 19.5 Å². The summed E-state index contributed by atoms with van der Waals surface area (Å²) in [5, 5.41) is 25.7. The Morgan fingerprint density at radius 3 is 2.50 bits per heavy atom. The number of aldehydes is 1. The molecule has 2 aromatic carbocycles. The molecule has 0 saturated heterocycles. The number of pyridine rings is 1. The fraction of sp³-hybridized carbons (Fsp3) is 0.489. The average molecular weight is 834 g/mol. The number of aromatic carboxylic acids is 1. The van der Waals surface area contributed by atoms with E-state index < -0.39 is 5.97 Å². The lowest BCUT2D eigenvalue weighted by molar-refractivity contribution is -0.243. The maximum atomic E-state index is 13.5. The number of anilines is 1. The minimum Gasteiger partial charge on any atom is -0.476 e.